The van der Waals surface area contributed by atoms with Crippen LogP contribution < -0.4 is 4.90 Å². The summed E-state index contributed by atoms with van der Waals surface area (Å²) in [5.74, 6) is 0.814. The van der Waals surface area contributed by atoms with Crippen molar-refractivity contribution in [3.63, 3.8) is 0 Å². The summed E-state index contributed by atoms with van der Waals surface area (Å²) < 4.78 is 28.0. The molecule has 8 nitrogen and oxygen atoms in total. The van der Waals surface area contributed by atoms with E-state index in [1.54, 1.807) is 0 Å². The molecule has 4 aromatic rings. The third-order valence-electron chi connectivity index (χ3n) is 6.40. The van der Waals surface area contributed by atoms with Gasteiger partial charge in [0, 0.05) is 54.9 Å². The molecule has 0 bridgehead atoms. The fraction of sp³-hybridized carbons (Fsp3) is 0.320. The summed E-state index contributed by atoms with van der Waals surface area (Å²) in [6.45, 7) is 3.98. The van der Waals surface area contributed by atoms with E-state index >= 15 is 0 Å². The maximum atomic E-state index is 10.6. The molecule has 1 aliphatic heterocycles. The first-order valence-corrected chi connectivity index (χ1v) is 12.4. The first kappa shape index (κ1) is 22.6. The SMILES string of the molecule is CCc1cnc(N2CCC(n3ccc4cc(-c5ccc(COS(=O)[O-])cc5)cnc43)CC2)nc1. The third-order valence-corrected chi connectivity index (χ3v) is 6.71. The van der Waals surface area contributed by atoms with E-state index in [0.717, 1.165) is 71.6 Å². The molecule has 3 aromatic heterocycles. The summed E-state index contributed by atoms with van der Waals surface area (Å²) in [6.07, 6.45) is 10.9. The van der Waals surface area contributed by atoms with Crippen LogP contribution in [-0.2, 0) is 28.6 Å². The summed E-state index contributed by atoms with van der Waals surface area (Å²) in [6, 6.07) is 12.3. The van der Waals surface area contributed by atoms with Gasteiger partial charge >= 0.3 is 0 Å². The van der Waals surface area contributed by atoms with Gasteiger partial charge in [-0.2, -0.15) is 0 Å². The van der Waals surface area contributed by atoms with Crippen LogP contribution in [0.1, 0.15) is 36.9 Å². The normalized spacial score (nSPS) is 15.6. The maximum Gasteiger partial charge on any atom is 0.225 e. The second-order valence-electron chi connectivity index (χ2n) is 8.49. The molecule has 9 heteroatoms. The van der Waals surface area contributed by atoms with Gasteiger partial charge in [0.05, 0.1) is 18.0 Å². The molecule has 0 amide bonds. The zero-order chi connectivity index (χ0) is 23.5. The first-order valence-electron chi connectivity index (χ1n) is 11.4. The van der Waals surface area contributed by atoms with E-state index in [-0.39, 0.29) is 6.61 Å². The number of hydrogen-bond donors (Lipinski definition) is 0. The van der Waals surface area contributed by atoms with Crippen molar-refractivity contribution < 1.29 is 12.9 Å². The van der Waals surface area contributed by atoms with Gasteiger partial charge in [-0.1, -0.05) is 31.2 Å². The lowest BCUT2D eigenvalue weighted by Crippen LogP contribution is -2.35. The van der Waals surface area contributed by atoms with Gasteiger partial charge in [0.1, 0.15) is 5.65 Å². The largest absolute Gasteiger partial charge is 0.750 e. The zero-order valence-electron chi connectivity index (χ0n) is 19.0. The first-order chi connectivity index (χ1) is 16.6. The molecule has 1 saturated heterocycles. The van der Waals surface area contributed by atoms with E-state index in [9.17, 15) is 8.76 Å². The quantitative estimate of drug-likeness (QED) is 0.369. The van der Waals surface area contributed by atoms with Gasteiger partial charge in [0.2, 0.25) is 5.95 Å². The molecule has 1 atom stereocenters. The van der Waals surface area contributed by atoms with Crippen LogP contribution in [-0.4, -0.2) is 41.4 Å². The Labute approximate surface area is 201 Å². The molecule has 0 aliphatic carbocycles. The Morgan fingerprint density at radius 3 is 2.41 bits per heavy atom. The number of nitrogens with zero attached hydrogens (tertiary/aromatic N) is 5. The molecule has 1 aromatic carbocycles. The van der Waals surface area contributed by atoms with E-state index in [4.69, 9.17) is 4.98 Å². The summed E-state index contributed by atoms with van der Waals surface area (Å²) in [5.41, 5.74) is 4.99. The van der Waals surface area contributed by atoms with Crippen molar-refractivity contribution in [1.29, 1.82) is 0 Å². The van der Waals surface area contributed by atoms with Crippen LogP contribution in [0.4, 0.5) is 5.95 Å². The van der Waals surface area contributed by atoms with Crippen molar-refractivity contribution in [1.82, 2.24) is 19.5 Å². The Hall–Kier alpha value is -3.14. The summed E-state index contributed by atoms with van der Waals surface area (Å²) in [4.78, 5) is 16.1. The highest BCUT2D eigenvalue weighted by Gasteiger charge is 2.23. The van der Waals surface area contributed by atoms with Crippen LogP contribution in [0.25, 0.3) is 22.2 Å². The monoisotopic (exact) mass is 476 g/mol. The zero-order valence-corrected chi connectivity index (χ0v) is 19.8. The summed E-state index contributed by atoms with van der Waals surface area (Å²) in [7, 11) is 0. The molecule has 1 aliphatic rings. The van der Waals surface area contributed by atoms with Gasteiger partial charge in [-0.05, 0) is 48.1 Å². The number of aromatic nitrogens is 4. The molecular formula is C25H26N5O3S-. The van der Waals surface area contributed by atoms with Crippen LogP contribution in [0, 0.1) is 0 Å². The summed E-state index contributed by atoms with van der Waals surface area (Å²) in [5, 5.41) is 1.10. The minimum Gasteiger partial charge on any atom is -0.750 e. The Morgan fingerprint density at radius 1 is 1.00 bits per heavy atom. The molecule has 5 rings (SSSR count). The predicted octanol–water partition coefficient (Wildman–Crippen LogP) is 4.21. The van der Waals surface area contributed by atoms with Gasteiger partial charge in [-0.3, -0.25) is 4.18 Å². The van der Waals surface area contributed by atoms with E-state index in [2.05, 4.69) is 48.9 Å². The maximum absolute atomic E-state index is 10.6. The number of pyridine rings is 1. The van der Waals surface area contributed by atoms with Crippen LogP contribution in [0.2, 0.25) is 0 Å². The molecular weight excluding hydrogens is 450 g/mol. The van der Waals surface area contributed by atoms with Crippen molar-refractivity contribution >= 4 is 28.3 Å². The highest BCUT2D eigenvalue weighted by Crippen LogP contribution is 2.30. The fourth-order valence-corrected chi connectivity index (χ4v) is 4.68. The Kier molecular flexibility index (Phi) is 6.66. The lowest BCUT2D eigenvalue weighted by Gasteiger charge is -2.33. The molecule has 0 spiro atoms. The van der Waals surface area contributed by atoms with E-state index < -0.39 is 11.4 Å². The number of piperidine rings is 1. The Morgan fingerprint density at radius 2 is 1.74 bits per heavy atom. The Balaban J connectivity index is 1.27. The van der Waals surface area contributed by atoms with Crippen molar-refractivity contribution in [2.24, 2.45) is 0 Å². The van der Waals surface area contributed by atoms with Crippen molar-refractivity contribution in [2.45, 2.75) is 38.8 Å². The fourth-order valence-electron chi connectivity index (χ4n) is 4.44. The van der Waals surface area contributed by atoms with E-state index in [1.165, 1.54) is 0 Å². The number of benzene rings is 1. The van der Waals surface area contributed by atoms with Gasteiger partial charge in [-0.25, -0.2) is 19.2 Å². The highest BCUT2D eigenvalue weighted by molar-refractivity contribution is 7.74. The number of fused-ring (bicyclic) bond motifs is 1. The smallest absolute Gasteiger partial charge is 0.225 e. The molecule has 176 valence electrons. The third kappa shape index (κ3) is 4.86. The summed E-state index contributed by atoms with van der Waals surface area (Å²) >= 11 is -2.51. The van der Waals surface area contributed by atoms with Gasteiger partial charge < -0.3 is 14.0 Å². The topological polar surface area (TPSA) is 96.2 Å². The van der Waals surface area contributed by atoms with E-state index in [0.29, 0.717) is 6.04 Å². The minimum atomic E-state index is -2.51. The van der Waals surface area contributed by atoms with E-state index in [1.807, 2.05) is 42.9 Å². The standard InChI is InChI=1S/C25H27N5O3S/c1-2-18-14-27-25(28-15-18)29-10-8-23(9-11-29)30-12-7-21-13-22(16-26-24(21)30)20-5-3-19(4-6-20)17-33-34(31)32/h3-7,12-16,23H,2,8-11,17H2,1H3,(H,31,32)/p-1. The van der Waals surface area contributed by atoms with Crippen LogP contribution in [0.3, 0.4) is 0 Å². The molecule has 1 unspecified atom stereocenters. The Bertz CT molecular complexity index is 1280. The van der Waals surface area contributed by atoms with Crippen LogP contribution in [0.15, 0.2) is 61.2 Å². The average Bonchev–Trinajstić information content (AvgIpc) is 3.31. The van der Waals surface area contributed by atoms with Crippen LogP contribution >= 0.6 is 0 Å². The van der Waals surface area contributed by atoms with Crippen molar-refractivity contribution in [3.05, 3.63) is 72.3 Å². The van der Waals surface area contributed by atoms with Gasteiger partial charge in [-0.15, -0.1) is 0 Å². The van der Waals surface area contributed by atoms with Crippen molar-refractivity contribution in [2.75, 3.05) is 18.0 Å². The molecule has 1 fully saturated rings. The van der Waals surface area contributed by atoms with Crippen molar-refractivity contribution in [3.8, 4) is 11.1 Å². The number of anilines is 1. The molecule has 0 saturated carbocycles. The van der Waals surface area contributed by atoms with Crippen LogP contribution in [0.5, 0.6) is 0 Å². The second kappa shape index (κ2) is 10.0. The molecule has 0 N–H and O–H groups in total. The average molecular weight is 477 g/mol. The molecule has 0 radical (unpaired) electrons. The number of rotatable bonds is 7. The second-order valence-corrected chi connectivity index (χ2v) is 9.13. The number of hydrogen-bond acceptors (Lipinski definition) is 7. The highest BCUT2D eigenvalue weighted by atomic mass is 32.2. The molecule has 34 heavy (non-hydrogen) atoms. The number of aryl methyl sites for hydroxylation is 1. The predicted molar refractivity (Wildman–Crippen MR) is 131 cm³/mol. The van der Waals surface area contributed by atoms with Gasteiger partial charge in [0.25, 0.3) is 0 Å². The lowest BCUT2D eigenvalue weighted by atomic mass is 10.0. The lowest BCUT2D eigenvalue weighted by molar-refractivity contribution is 0.291. The minimum absolute atomic E-state index is 0.0333. The molecule has 4 heterocycles. The van der Waals surface area contributed by atoms with Gasteiger partial charge in [0.15, 0.2) is 0 Å².